The maximum Gasteiger partial charge on any atom is 0.259 e. The van der Waals surface area contributed by atoms with E-state index in [-0.39, 0.29) is 5.56 Å². The predicted octanol–water partition coefficient (Wildman–Crippen LogP) is 3.52. The number of halogens is 1. The van der Waals surface area contributed by atoms with E-state index in [0.717, 1.165) is 37.3 Å². The summed E-state index contributed by atoms with van der Waals surface area (Å²) in [6.07, 6.45) is 5.40. The number of ether oxygens (including phenoxy) is 1. The molecule has 7 heteroatoms. The van der Waals surface area contributed by atoms with Gasteiger partial charge in [-0.25, -0.2) is 4.98 Å². The molecule has 0 atom stereocenters. The van der Waals surface area contributed by atoms with Gasteiger partial charge in [0.05, 0.1) is 27.7 Å². The standard InChI is InChI=1S/C19H19ClN4O2/c1-12-3-2-4-15-17(12)22-18(23-19(15)25)16(20)11-14-5-8-21-24(14)13-6-9-26-10-7-13/h2-5,8,11,13H,6-7,9-10H2,1H3,(H,22,23,25)/b16-11-. The number of aromatic nitrogens is 4. The van der Waals surface area contributed by atoms with Gasteiger partial charge in [-0.1, -0.05) is 23.7 Å². The van der Waals surface area contributed by atoms with Crippen LogP contribution in [0.2, 0.25) is 0 Å². The highest BCUT2D eigenvalue weighted by Gasteiger charge is 2.18. The van der Waals surface area contributed by atoms with Gasteiger partial charge in [-0.3, -0.25) is 9.48 Å². The van der Waals surface area contributed by atoms with Gasteiger partial charge in [0.2, 0.25) is 0 Å². The van der Waals surface area contributed by atoms with Gasteiger partial charge in [0.1, 0.15) is 0 Å². The van der Waals surface area contributed by atoms with E-state index < -0.39 is 0 Å². The molecule has 1 fully saturated rings. The number of hydrogen-bond acceptors (Lipinski definition) is 4. The third-order valence-electron chi connectivity index (χ3n) is 4.68. The van der Waals surface area contributed by atoms with Crippen molar-refractivity contribution in [3.63, 3.8) is 0 Å². The molecule has 26 heavy (non-hydrogen) atoms. The van der Waals surface area contributed by atoms with Crippen molar-refractivity contribution in [2.75, 3.05) is 13.2 Å². The first-order valence-electron chi connectivity index (χ1n) is 8.62. The summed E-state index contributed by atoms with van der Waals surface area (Å²) in [4.78, 5) is 19.7. The Balaban J connectivity index is 1.73. The summed E-state index contributed by atoms with van der Waals surface area (Å²) in [5.41, 5.74) is 2.29. The third-order valence-corrected chi connectivity index (χ3v) is 4.96. The average molecular weight is 371 g/mol. The fourth-order valence-corrected chi connectivity index (χ4v) is 3.49. The van der Waals surface area contributed by atoms with Crippen molar-refractivity contribution in [3.8, 4) is 0 Å². The van der Waals surface area contributed by atoms with Crippen LogP contribution in [-0.2, 0) is 4.74 Å². The number of rotatable bonds is 3. The van der Waals surface area contributed by atoms with Crippen molar-refractivity contribution in [2.24, 2.45) is 0 Å². The van der Waals surface area contributed by atoms with Gasteiger partial charge in [0, 0.05) is 19.4 Å². The quantitative estimate of drug-likeness (QED) is 0.765. The Morgan fingerprint density at radius 3 is 2.96 bits per heavy atom. The molecule has 0 amide bonds. The smallest absolute Gasteiger partial charge is 0.259 e. The van der Waals surface area contributed by atoms with Gasteiger partial charge in [-0.2, -0.15) is 5.10 Å². The normalized spacial score (nSPS) is 16.3. The van der Waals surface area contributed by atoms with Gasteiger partial charge in [0.25, 0.3) is 5.56 Å². The molecule has 0 spiro atoms. The van der Waals surface area contributed by atoms with Gasteiger partial charge in [0.15, 0.2) is 5.82 Å². The summed E-state index contributed by atoms with van der Waals surface area (Å²) in [6.45, 7) is 3.40. The Morgan fingerprint density at radius 2 is 2.15 bits per heavy atom. The molecule has 6 nitrogen and oxygen atoms in total. The van der Waals surface area contributed by atoms with E-state index in [1.807, 2.05) is 29.8 Å². The first kappa shape index (κ1) is 17.0. The second-order valence-electron chi connectivity index (χ2n) is 6.42. The molecule has 2 aromatic heterocycles. The third kappa shape index (κ3) is 3.18. The number of benzene rings is 1. The number of aromatic amines is 1. The number of nitrogens with one attached hydrogen (secondary N) is 1. The highest BCUT2D eigenvalue weighted by Crippen LogP contribution is 2.25. The van der Waals surface area contributed by atoms with Crippen LogP contribution < -0.4 is 5.56 Å². The molecular formula is C19H19ClN4O2. The largest absolute Gasteiger partial charge is 0.381 e. The molecule has 1 N–H and O–H groups in total. The van der Waals surface area contributed by atoms with E-state index in [9.17, 15) is 4.79 Å². The zero-order valence-corrected chi connectivity index (χ0v) is 15.2. The predicted molar refractivity (Wildman–Crippen MR) is 102 cm³/mol. The Labute approximate surface area is 155 Å². The monoisotopic (exact) mass is 370 g/mol. The van der Waals surface area contributed by atoms with Crippen LogP contribution in [0.1, 0.15) is 36.0 Å². The zero-order valence-electron chi connectivity index (χ0n) is 14.4. The first-order chi connectivity index (χ1) is 12.6. The summed E-state index contributed by atoms with van der Waals surface area (Å²) in [5.74, 6) is 0.359. The molecule has 1 aliphatic heterocycles. The first-order valence-corrected chi connectivity index (χ1v) is 9.00. The number of nitrogens with zero attached hydrogens (tertiary/aromatic N) is 3. The van der Waals surface area contributed by atoms with Crippen molar-refractivity contribution in [3.05, 3.63) is 57.9 Å². The van der Waals surface area contributed by atoms with E-state index in [2.05, 4.69) is 15.1 Å². The van der Waals surface area contributed by atoms with Crippen molar-refractivity contribution in [1.82, 2.24) is 19.7 Å². The molecule has 3 aromatic rings. The summed E-state index contributed by atoms with van der Waals surface area (Å²) in [5, 5.41) is 5.37. The number of hydrogen-bond donors (Lipinski definition) is 1. The minimum atomic E-state index is -0.196. The van der Waals surface area contributed by atoms with Crippen LogP contribution >= 0.6 is 11.6 Å². The van der Waals surface area contributed by atoms with E-state index in [1.165, 1.54) is 0 Å². The van der Waals surface area contributed by atoms with Crippen LogP contribution in [0.25, 0.3) is 22.0 Å². The lowest BCUT2D eigenvalue weighted by atomic mass is 10.1. The van der Waals surface area contributed by atoms with Crippen molar-refractivity contribution in [1.29, 1.82) is 0 Å². The maximum atomic E-state index is 12.4. The minimum absolute atomic E-state index is 0.196. The molecule has 1 saturated heterocycles. The molecule has 0 saturated carbocycles. The number of H-pyrrole nitrogens is 1. The molecule has 1 aromatic carbocycles. The van der Waals surface area contributed by atoms with Gasteiger partial charge >= 0.3 is 0 Å². The van der Waals surface area contributed by atoms with E-state index in [1.54, 1.807) is 18.3 Å². The summed E-state index contributed by atoms with van der Waals surface area (Å²) in [7, 11) is 0. The Bertz CT molecular complexity index is 1030. The molecule has 0 radical (unpaired) electrons. The highest BCUT2D eigenvalue weighted by molar-refractivity contribution is 6.50. The van der Waals surface area contributed by atoms with E-state index in [4.69, 9.17) is 16.3 Å². The van der Waals surface area contributed by atoms with Crippen LogP contribution in [0.5, 0.6) is 0 Å². The minimum Gasteiger partial charge on any atom is -0.381 e. The van der Waals surface area contributed by atoms with E-state index in [0.29, 0.717) is 27.8 Å². The van der Waals surface area contributed by atoms with Crippen LogP contribution in [0.3, 0.4) is 0 Å². The van der Waals surface area contributed by atoms with Crippen LogP contribution in [0.4, 0.5) is 0 Å². The van der Waals surface area contributed by atoms with Crippen molar-refractivity contribution >= 4 is 33.6 Å². The van der Waals surface area contributed by atoms with Gasteiger partial charge in [-0.05, 0) is 43.5 Å². The summed E-state index contributed by atoms with van der Waals surface area (Å²) >= 11 is 6.50. The Morgan fingerprint density at radius 1 is 1.35 bits per heavy atom. The lowest BCUT2D eigenvalue weighted by Gasteiger charge is -2.23. The Kier molecular flexibility index (Phi) is 4.61. The van der Waals surface area contributed by atoms with Crippen LogP contribution in [0.15, 0.2) is 35.3 Å². The van der Waals surface area contributed by atoms with Crippen LogP contribution in [0, 0.1) is 6.92 Å². The fourth-order valence-electron chi connectivity index (χ4n) is 3.29. The lowest BCUT2D eigenvalue weighted by molar-refractivity contribution is 0.0661. The fraction of sp³-hybridized carbons (Fsp3) is 0.316. The lowest BCUT2D eigenvalue weighted by Crippen LogP contribution is -2.21. The molecule has 134 valence electrons. The topological polar surface area (TPSA) is 72.8 Å². The number of para-hydroxylation sites is 1. The molecule has 0 aliphatic carbocycles. The maximum absolute atomic E-state index is 12.4. The molecule has 3 heterocycles. The average Bonchev–Trinajstić information content (AvgIpc) is 3.11. The summed E-state index contributed by atoms with van der Waals surface area (Å²) in [6, 6.07) is 7.73. The Hall–Kier alpha value is -2.44. The van der Waals surface area contributed by atoms with E-state index >= 15 is 0 Å². The molecule has 0 bridgehead atoms. The van der Waals surface area contributed by atoms with Crippen LogP contribution in [-0.4, -0.2) is 33.0 Å². The molecular weight excluding hydrogens is 352 g/mol. The molecule has 1 aliphatic rings. The highest BCUT2D eigenvalue weighted by atomic mass is 35.5. The second kappa shape index (κ2) is 7.05. The number of fused-ring (bicyclic) bond motifs is 1. The second-order valence-corrected chi connectivity index (χ2v) is 6.83. The van der Waals surface area contributed by atoms with Crippen molar-refractivity contribution < 1.29 is 4.74 Å². The van der Waals surface area contributed by atoms with Gasteiger partial charge < -0.3 is 9.72 Å². The molecule has 4 rings (SSSR count). The molecule has 0 unspecified atom stereocenters. The zero-order chi connectivity index (χ0) is 18.1. The van der Waals surface area contributed by atoms with Crippen molar-refractivity contribution in [2.45, 2.75) is 25.8 Å². The summed E-state index contributed by atoms with van der Waals surface area (Å²) < 4.78 is 7.39. The number of aryl methyl sites for hydroxylation is 1. The van der Waals surface area contributed by atoms with Gasteiger partial charge in [-0.15, -0.1) is 0 Å². The SMILES string of the molecule is Cc1cccc2c(=O)[nH]c(/C(Cl)=C/c3ccnn3C3CCOCC3)nc12.